The smallest absolute Gasteiger partial charge is 0.227 e. The van der Waals surface area contributed by atoms with Crippen LogP contribution in [0.25, 0.3) is 11.0 Å². The monoisotopic (exact) mass is 315 g/mol. The molecule has 4 nitrogen and oxygen atoms in total. The summed E-state index contributed by atoms with van der Waals surface area (Å²) in [5, 5.41) is 9.76. The maximum absolute atomic E-state index is 9.76. The maximum atomic E-state index is 9.76. The van der Waals surface area contributed by atoms with Gasteiger partial charge in [-0.1, -0.05) is 28.1 Å². The van der Waals surface area contributed by atoms with Crippen molar-refractivity contribution in [1.82, 2.24) is 9.97 Å². The summed E-state index contributed by atoms with van der Waals surface area (Å²) < 4.78 is 0.825. The average molecular weight is 316 g/mol. The quantitative estimate of drug-likeness (QED) is 0.707. The molecule has 0 amide bonds. The van der Waals surface area contributed by atoms with E-state index in [-0.39, 0.29) is 5.75 Å². The predicted octanol–water partition coefficient (Wildman–Crippen LogP) is 3.78. The second kappa shape index (κ2) is 4.85. The van der Waals surface area contributed by atoms with E-state index in [1.165, 1.54) is 0 Å². The van der Waals surface area contributed by atoms with E-state index < -0.39 is 0 Å². The second-order valence-electron chi connectivity index (χ2n) is 4.04. The van der Waals surface area contributed by atoms with Gasteiger partial charge >= 0.3 is 0 Å². The van der Waals surface area contributed by atoms with E-state index in [0.29, 0.717) is 11.5 Å². The first-order valence-electron chi connectivity index (χ1n) is 5.70. The number of halogens is 1. The van der Waals surface area contributed by atoms with Crippen LogP contribution in [0, 0.1) is 0 Å². The van der Waals surface area contributed by atoms with Crippen molar-refractivity contribution in [3.63, 3.8) is 0 Å². The topological polar surface area (TPSA) is 61.3 Å². The largest absolute Gasteiger partial charge is 0.507 e. The highest BCUT2D eigenvalue weighted by molar-refractivity contribution is 9.10. The van der Waals surface area contributed by atoms with Crippen molar-refractivity contribution in [3.05, 3.63) is 52.5 Å². The summed E-state index contributed by atoms with van der Waals surface area (Å²) in [4.78, 5) is 11.7. The molecule has 0 saturated carbocycles. The molecule has 1 aromatic heterocycles. The van der Waals surface area contributed by atoms with Crippen LogP contribution in [0.5, 0.6) is 5.75 Å². The third-order valence-electron chi connectivity index (χ3n) is 2.70. The highest BCUT2D eigenvalue weighted by atomic mass is 79.9. The van der Waals surface area contributed by atoms with Gasteiger partial charge in [-0.15, -0.1) is 0 Å². The van der Waals surface area contributed by atoms with Crippen LogP contribution in [0.1, 0.15) is 5.56 Å². The average Bonchev–Trinajstić information content (AvgIpc) is 2.80. The molecule has 0 radical (unpaired) electrons. The van der Waals surface area contributed by atoms with Gasteiger partial charge in [0.2, 0.25) is 5.95 Å². The van der Waals surface area contributed by atoms with Crippen LogP contribution in [0.15, 0.2) is 51.9 Å². The Kier molecular flexibility index (Phi) is 3.05. The molecule has 2 aromatic carbocycles. The first-order valence-corrected chi connectivity index (χ1v) is 6.49. The van der Waals surface area contributed by atoms with Crippen LogP contribution in [0.4, 0.5) is 5.95 Å². The van der Waals surface area contributed by atoms with Crippen LogP contribution in [0.3, 0.4) is 0 Å². The molecule has 0 aliphatic rings. The molecule has 0 aliphatic heterocycles. The molecule has 2 N–H and O–H groups in total. The number of benzene rings is 2. The van der Waals surface area contributed by atoms with Gasteiger partial charge in [0.05, 0.1) is 11.0 Å². The molecule has 0 fully saturated rings. The second-order valence-corrected chi connectivity index (χ2v) is 4.95. The number of hydrogen-bond acceptors (Lipinski definition) is 3. The van der Waals surface area contributed by atoms with Gasteiger partial charge in [-0.25, -0.2) is 9.98 Å². The molecule has 0 unspecified atom stereocenters. The Morgan fingerprint density at radius 1 is 1.21 bits per heavy atom. The van der Waals surface area contributed by atoms with E-state index >= 15 is 0 Å². The lowest BCUT2D eigenvalue weighted by Gasteiger charge is -1.97. The number of nitrogens with zero attached hydrogens (tertiary/aromatic N) is 2. The molecule has 19 heavy (non-hydrogen) atoms. The number of aromatic amines is 1. The van der Waals surface area contributed by atoms with E-state index in [1.54, 1.807) is 18.3 Å². The van der Waals surface area contributed by atoms with Gasteiger partial charge < -0.3 is 10.1 Å². The fourth-order valence-corrected chi connectivity index (χ4v) is 2.11. The number of rotatable bonds is 2. The Morgan fingerprint density at radius 2 is 2.05 bits per heavy atom. The Bertz CT molecular complexity index is 731. The molecule has 5 heteroatoms. The normalized spacial score (nSPS) is 11.4. The number of imidazole rings is 1. The summed E-state index contributed by atoms with van der Waals surface area (Å²) in [6.45, 7) is 0. The third kappa shape index (κ3) is 2.51. The number of phenols is 1. The summed E-state index contributed by atoms with van der Waals surface area (Å²) in [6.07, 6.45) is 1.58. The van der Waals surface area contributed by atoms with Crippen molar-refractivity contribution in [2.24, 2.45) is 4.99 Å². The lowest BCUT2D eigenvalue weighted by molar-refractivity contribution is 0.474. The zero-order chi connectivity index (χ0) is 13.2. The van der Waals surface area contributed by atoms with Crippen LogP contribution < -0.4 is 0 Å². The number of aromatic nitrogens is 2. The first kappa shape index (κ1) is 11.9. The molecule has 0 bridgehead atoms. The number of aliphatic imine (C=N–C) groups is 1. The zero-order valence-corrected chi connectivity index (χ0v) is 11.4. The minimum atomic E-state index is 0.175. The molecule has 0 aliphatic carbocycles. The van der Waals surface area contributed by atoms with Crippen LogP contribution >= 0.6 is 15.9 Å². The van der Waals surface area contributed by atoms with E-state index in [9.17, 15) is 5.11 Å². The minimum absolute atomic E-state index is 0.175. The number of para-hydroxylation sites is 2. The van der Waals surface area contributed by atoms with Crippen LogP contribution in [0.2, 0.25) is 0 Å². The van der Waals surface area contributed by atoms with E-state index in [0.717, 1.165) is 15.5 Å². The van der Waals surface area contributed by atoms with Gasteiger partial charge in [-0.05, 0) is 30.3 Å². The Balaban J connectivity index is 1.93. The lowest BCUT2D eigenvalue weighted by Crippen LogP contribution is -1.82. The summed E-state index contributed by atoms with van der Waals surface area (Å²) in [7, 11) is 0. The van der Waals surface area contributed by atoms with E-state index in [4.69, 9.17) is 0 Å². The summed E-state index contributed by atoms with van der Waals surface area (Å²) in [5.74, 6) is 0.692. The highest BCUT2D eigenvalue weighted by Gasteiger charge is 2.01. The maximum Gasteiger partial charge on any atom is 0.227 e. The molecular formula is C14H10BrN3O. The van der Waals surface area contributed by atoms with Crippen molar-refractivity contribution in [2.75, 3.05) is 0 Å². The minimum Gasteiger partial charge on any atom is -0.507 e. The van der Waals surface area contributed by atoms with Gasteiger partial charge in [-0.3, -0.25) is 0 Å². The molecule has 94 valence electrons. The Morgan fingerprint density at radius 3 is 2.84 bits per heavy atom. The van der Waals surface area contributed by atoms with E-state index in [1.807, 2.05) is 30.3 Å². The molecular weight excluding hydrogens is 306 g/mol. The zero-order valence-electron chi connectivity index (χ0n) is 9.84. The molecule has 1 heterocycles. The van der Waals surface area contributed by atoms with Crippen molar-refractivity contribution in [3.8, 4) is 5.75 Å². The van der Waals surface area contributed by atoms with Gasteiger partial charge in [0, 0.05) is 16.3 Å². The Hall–Kier alpha value is -2.14. The van der Waals surface area contributed by atoms with Gasteiger partial charge in [0.15, 0.2) is 0 Å². The van der Waals surface area contributed by atoms with Crippen molar-refractivity contribution in [1.29, 1.82) is 0 Å². The molecule has 0 saturated heterocycles. The number of phenolic OH excluding ortho intramolecular Hbond substituents is 1. The first-order chi connectivity index (χ1) is 9.22. The Labute approximate surface area is 118 Å². The molecule has 3 rings (SSSR count). The summed E-state index contributed by atoms with van der Waals surface area (Å²) in [6, 6.07) is 13.0. The summed E-state index contributed by atoms with van der Waals surface area (Å²) >= 11 is 3.29. The number of H-pyrrole nitrogens is 1. The lowest BCUT2D eigenvalue weighted by atomic mass is 10.2. The van der Waals surface area contributed by atoms with Gasteiger partial charge in [-0.2, -0.15) is 0 Å². The SMILES string of the molecule is Oc1cc(Br)ccc1/C=N/c1nc2ccccc2[nH]1. The standard InChI is InChI=1S/C14H10BrN3O/c15-10-6-5-9(13(19)7-10)8-16-14-17-11-3-1-2-4-12(11)18-14/h1-8,19H,(H,17,18)/b16-8+. The highest BCUT2D eigenvalue weighted by Crippen LogP contribution is 2.22. The van der Waals surface area contributed by atoms with Crippen LogP contribution in [-0.4, -0.2) is 21.3 Å². The van der Waals surface area contributed by atoms with Crippen molar-refractivity contribution in [2.45, 2.75) is 0 Å². The number of nitrogens with one attached hydrogen (secondary N) is 1. The number of aromatic hydroxyl groups is 1. The number of fused-ring (bicyclic) bond motifs is 1. The predicted molar refractivity (Wildman–Crippen MR) is 79.2 cm³/mol. The molecule has 3 aromatic rings. The van der Waals surface area contributed by atoms with Crippen LogP contribution in [-0.2, 0) is 0 Å². The van der Waals surface area contributed by atoms with Crippen molar-refractivity contribution >= 4 is 39.1 Å². The molecule has 0 atom stereocenters. The van der Waals surface area contributed by atoms with Gasteiger partial charge in [0.25, 0.3) is 0 Å². The fourth-order valence-electron chi connectivity index (χ4n) is 1.76. The molecule has 0 spiro atoms. The third-order valence-corrected chi connectivity index (χ3v) is 3.19. The van der Waals surface area contributed by atoms with E-state index in [2.05, 4.69) is 30.9 Å². The number of hydrogen-bond donors (Lipinski definition) is 2. The van der Waals surface area contributed by atoms with Crippen molar-refractivity contribution < 1.29 is 5.11 Å². The fraction of sp³-hybridized carbons (Fsp3) is 0. The van der Waals surface area contributed by atoms with Gasteiger partial charge in [0.1, 0.15) is 5.75 Å². The summed E-state index contributed by atoms with van der Waals surface area (Å²) in [5.41, 5.74) is 2.45.